The monoisotopic (exact) mass is 1330 g/mol. The van der Waals surface area contributed by atoms with Crippen molar-refractivity contribution in [1.82, 2.24) is 4.98 Å². The number of benzene rings is 5. The number of rotatable bonds is 24. The summed E-state index contributed by atoms with van der Waals surface area (Å²) >= 11 is 2.05. The van der Waals surface area contributed by atoms with E-state index in [-0.39, 0.29) is 48.9 Å². The van der Waals surface area contributed by atoms with E-state index in [0.717, 1.165) is 80.9 Å². The maximum atomic E-state index is 11.7. The van der Waals surface area contributed by atoms with Crippen molar-refractivity contribution < 1.29 is 30.0 Å². The predicted octanol–water partition coefficient (Wildman–Crippen LogP) is 19.0. The van der Waals surface area contributed by atoms with Crippen molar-refractivity contribution in [2.75, 3.05) is 0 Å². The van der Waals surface area contributed by atoms with Crippen molar-refractivity contribution in [2.24, 2.45) is 47.3 Å². The number of aliphatic hydroxyl groups is 1. The average molecular weight is 1330 g/mol. The number of hydrogen-bond donors (Lipinski definition) is 1. The van der Waals surface area contributed by atoms with Gasteiger partial charge in [-0.2, -0.15) is 0 Å². The second-order valence-electron chi connectivity index (χ2n) is 27.9. The van der Waals surface area contributed by atoms with Crippen LogP contribution in [-0.2, 0) is 68.8 Å². The van der Waals surface area contributed by atoms with Crippen molar-refractivity contribution in [2.45, 2.75) is 208 Å². The number of allylic oxidation sites excluding steroid dienone is 2. The largest absolute Gasteiger partial charge is 0.512 e. The van der Waals surface area contributed by atoms with Crippen molar-refractivity contribution in [1.29, 1.82) is 0 Å². The van der Waals surface area contributed by atoms with E-state index in [0.29, 0.717) is 35.5 Å². The normalized spacial score (nSPS) is 12.6. The van der Waals surface area contributed by atoms with Crippen LogP contribution in [0.1, 0.15) is 202 Å². The molecular formula is C77H106IrNO2SSi-. The Morgan fingerprint density at radius 2 is 0.952 bits per heavy atom. The van der Waals surface area contributed by atoms with Crippen molar-refractivity contribution in [3.8, 4) is 11.3 Å². The van der Waals surface area contributed by atoms with Crippen LogP contribution >= 0.6 is 11.3 Å². The molecule has 0 amide bonds. The molecule has 1 N–H and O–H groups in total. The van der Waals surface area contributed by atoms with Gasteiger partial charge < -0.3 is 5.11 Å². The first kappa shape index (κ1) is 69.3. The molecule has 0 atom stereocenters. The molecule has 0 aliphatic rings. The molecule has 0 aliphatic heterocycles. The molecule has 5 aromatic carbocycles. The Labute approximate surface area is 523 Å². The third-order valence-corrected chi connectivity index (χ3v) is 23.3. The van der Waals surface area contributed by atoms with E-state index < -0.39 is 8.07 Å². The van der Waals surface area contributed by atoms with Gasteiger partial charge in [-0.3, -0.25) is 9.78 Å². The number of hydrogen-bond acceptors (Lipinski definition) is 4. The topological polar surface area (TPSA) is 50.2 Å². The van der Waals surface area contributed by atoms with Gasteiger partial charge >= 0.3 is 0 Å². The number of ketones is 1. The summed E-state index contributed by atoms with van der Waals surface area (Å²) in [6, 6.07) is 41.3. The second kappa shape index (κ2) is 30.8. The van der Waals surface area contributed by atoms with Gasteiger partial charge in [-0.05, 0) is 178 Å². The van der Waals surface area contributed by atoms with Crippen LogP contribution in [-0.4, -0.2) is 23.9 Å². The summed E-state index contributed by atoms with van der Waals surface area (Å²) in [6.07, 6.45) is 13.4. The summed E-state index contributed by atoms with van der Waals surface area (Å²) in [5.74, 6) is 3.84. The van der Waals surface area contributed by atoms with Gasteiger partial charge in [0, 0.05) is 59.1 Å². The molecule has 2 heterocycles. The third-order valence-electron chi connectivity index (χ3n) is 16.4. The summed E-state index contributed by atoms with van der Waals surface area (Å²) in [7, 11) is -3.15. The van der Waals surface area contributed by atoms with E-state index in [9.17, 15) is 9.90 Å². The fraction of sp³-hybridized carbons (Fsp3) is 0.506. The molecule has 6 heteroatoms. The summed E-state index contributed by atoms with van der Waals surface area (Å²) in [4.78, 5) is 17.1. The zero-order valence-corrected chi connectivity index (χ0v) is 59.3. The SMILES string of the molecule is CCC(CC)C(=O)/C=C(\O)C(CC)CC.Cc1c([Si](c2cc(CC(C)C)cc(CC(C)C)c2)(c2cc(CC(C)C)cc(CC(C)C)c2)c2cc(CC(C)C)cc(CC(C)C)c2)sc2c(-c3[c-]c4ccccc4c(C(C)(C)C)c3)nccc12.[Ir]. The molecule has 0 fully saturated rings. The fourth-order valence-electron chi connectivity index (χ4n) is 12.8. The Morgan fingerprint density at radius 3 is 1.31 bits per heavy atom. The van der Waals surface area contributed by atoms with Crippen molar-refractivity contribution >= 4 is 66.1 Å². The number of aliphatic hydroxyl groups excluding tert-OH is 1. The molecule has 3 nitrogen and oxygen atoms in total. The first-order valence-corrected chi connectivity index (χ1v) is 34.7. The van der Waals surface area contributed by atoms with E-state index in [2.05, 4.69) is 225 Å². The van der Waals surface area contributed by atoms with E-state index in [1.807, 2.05) is 27.7 Å². The minimum atomic E-state index is -3.15. The van der Waals surface area contributed by atoms with Gasteiger partial charge in [-0.25, -0.2) is 0 Å². The Bertz CT molecular complexity index is 3020. The van der Waals surface area contributed by atoms with E-state index in [4.69, 9.17) is 4.98 Å². The number of thiophene rings is 1. The van der Waals surface area contributed by atoms with Crippen LogP contribution in [0.2, 0.25) is 0 Å². The van der Waals surface area contributed by atoms with Crippen molar-refractivity contribution in [3.63, 3.8) is 0 Å². The quantitative estimate of drug-likeness (QED) is 0.0216. The molecule has 7 rings (SSSR count). The van der Waals surface area contributed by atoms with Crippen molar-refractivity contribution in [3.05, 3.63) is 160 Å². The number of aryl methyl sites for hydroxylation is 1. The molecule has 2 aromatic heterocycles. The van der Waals surface area contributed by atoms with Crippen LogP contribution < -0.4 is 20.1 Å². The standard InChI is InChI=1S/C64H82NSSi.C13H24O2.Ir/c1-40(2)23-47-29-48(24-41(3)4)33-55(32-47)67(56-34-49(25-42(5)6)30-50(35-56)26-43(7)8,57-36-51(27-44(9)10)31-52(37-57)28-45(11)12)63-46(13)58-21-22-65-61(62(58)66-63)54-38-53-19-17-18-20-59(53)60(39-54)64(14,15)16;1-5-10(6-2)12(14)9-13(15)11(7-3)8-4;/h17-22,29-37,39-45H,23-28H2,1-16H3;9-11,14H,5-8H2,1-4H3;/q-1;;/b;12-9-;. The van der Waals surface area contributed by atoms with E-state index >= 15 is 0 Å². The van der Waals surface area contributed by atoms with Crippen LogP contribution in [0.5, 0.6) is 0 Å². The van der Waals surface area contributed by atoms with Gasteiger partial charge in [0.15, 0.2) is 13.9 Å². The molecule has 83 heavy (non-hydrogen) atoms. The predicted molar refractivity (Wildman–Crippen MR) is 364 cm³/mol. The van der Waals surface area contributed by atoms with Crippen LogP contribution in [0.3, 0.4) is 0 Å². The Morgan fingerprint density at radius 1 is 0.566 bits per heavy atom. The summed E-state index contributed by atoms with van der Waals surface area (Å²) in [5, 5.41) is 18.1. The van der Waals surface area contributed by atoms with Crippen LogP contribution in [0.4, 0.5) is 0 Å². The van der Waals surface area contributed by atoms with Crippen LogP contribution in [0.15, 0.2) is 109 Å². The molecule has 0 aliphatic carbocycles. The number of carbonyl (C=O) groups excluding carboxylic acids is 1. The maximum Gasteiger partial charge on any atom is 0.191 e. The van der Waals surface area contributed by atoms with Gasteiger partial charge in [-0.1, -0.05) is 215 Å². The summed E-state index contributed by atoms with van der Waals surface area (Å²) in [6.45, 7) is 46.2. The summed E-state index contributed by atoms with van der Waals surface area (Å²) in [5.41, 5.74) is 13.7. The fourth-order valence-corrected chi connectivity index (χ4v) is 20.8. The Hall–Kier alpha value is -4.45. The molecule has 7 aromatic rings. The van der Waals surface area contributed by atoms with Gasteiger partial charge in [0.2, 0.25) is 0 Å². The van der Waals surface area contributed by atoms with Gasteiger partial charge in [0.25, 0.3) is 0 Å². The molecule has 451 valence electrons. The number of nitrogens with zero attached hydrogens (tertiary/aromatic N) is 1. The zero-order chi connectivity index (χ0) is 60.4. The van der Waals surface area contributed by atoms with E-state index in [1.54, 1.807) is 4.50 Å². The Balaban J connectivity index is 0.000000691. The average Bonchev–Trinajstić information content (AvgIpc) is 4.03. The number of aromatic nitrogens is 1. The molecule has 0 unspecified atom stereocenters. The number of carbonyl (C=O) groups is 1. The molecule has 0 saturated heterocycles. The van der Waals surface area contributed by atoms with Gasteiger partial charge in [-0.15, -0.1) is 40.5 Å². The molecule has 0 bridgehead atoms. The minimum absolute atomic E-state index is 0. The first-order valence-electron chi connectivity index (χ1n) is 31.9. The molecular weight excluding hydrogens is 1220 g/mol. The van der Waals surface area contributed by atoms with Crippen LogP contribution in [0, 0.1) is 60.3 Å². The summed E-state index contributed by atoms with van der Waals surface area (Å²) < 4.78 is 2.82. The molecule has 1 radical (unpaired) electrons. The smallest absolute Gasteiger partial charge is 0.191 e. The van der Waals surface area contributed by atoms with Gasteiger partial charge in [0.05, 0.1) is 5.76 Å². The number of fused-ring (bicyclic) bond motifs is 2. The number of pyridine rings is 1. The Kier molecular flexibility index (Phi) is 25.7. The second-order valence-corrected chi connectivity index (χ2v) is 33.1. The maximum absolute atomic E-state index is 11.7. The van der Waals surface area contributed by atoms with Gasteiger partial charge in [0.1, 0.15) is 0 Å². The van der Waals surface area contributed by atoms with Crippen LogP contribution in [0.25, 0.3) is 32.1 Å². The third kappa shape index (κ3) is 17.6. The molecule has 0 saturated carbocycles. The molecule has 0 spiro atoms. The first-order chi connectivity index (χ1) is 38.7. The zero-order valence-electron chi connectivity index (χ0n) is 55.0. The van der Waals surface area contributed by atoms with E-state index in [1.165, 1.54) is 81.6 Å². The minimum Gasteiger partial charge on any atom is -0.512 e.